The highest BCUT2D eigenvalue weighted by molar-refractivity contribution is 5.83. The van der Waals surface area contributed by atoms with Gasteiger partial charge in [-0.15, -0.1) is 0 Å². The number of halogens is 1. The van der Waals surface area contributed by atoms with E-state index in [0.717, 1.165) is 12.8 Å². The van der Waals surface area contributed by atoms with Crippen molar-refractivity contribution in [1.82, 2.24) is 5.32 Å². The Morgan fingerprint density at radius 3 is 2.60 bits per heavy atom. The van der Waals surface area contributed by atoms with Crippen molar-refractivity contribution in [3.05, 3.63) is 30.1 Å². The second-order valence-electron chi connectivity index (χ2n) is 6.76. The number of hydrogen-bond donors (Lipinski definition) is 1. The minimum atomic E-state index is -0.881. The molecule has 5 nitrogen and oxygen atoms in total. The normalized spacial score (nSPS) is 24.2. The zero-order chi connectivity index (χ0) is 18.4. The number of rotatable bonds is 6. The van der Waals surface area contributed by atoms with Crippen LogP contribution in [-0.2, 0) is 14.3 Å². The van der Waals surface area contributed by atoms with Gasteiger partial charge in [0.2, 0.25) is 0 Å². The van der Waals surface area contributed by atoms with Gasteiger partial charge in [-0.2, -0.15) is 0 Å². The molecule has 0 heterocycles. The first-order valence-corrected chi connectivity index (χ1v) is 8.75. The summed E-state index contributed by atoms with van der Waals surface area (Å²) in [5, 5.41) is 2.99. The van der Waals surface area contributed by atoms with Crippen LogP contribution >= 0.6 is 0 Å². The Labute approximate surface area is 147 Å². The van der Waals surface area contributed by atoms with Crippen LogP contribution in [0.15, 0.2) is 24.3 Å². The molecule has 0 unspecified atom stereocenters. The number of esters is 1. The smallest absolute Gasteiger partial charge is 0.344 e. The molecule has 1 amide bonds. The van der Waals surface area contributed by atoms with Crippen LogP contribution in [0.1, 0.15) is 40.0 Å². The van der Waals surface area contributed by atoms with Crippen LogP contribution < -0.4 is 10.1 Å². The van der Waals surface area contributed by atoms with E-state index in [2.05, 4.69) is 19.2 Å². The molecule has 0 saturated heterocycles. The molecule has 1 N–H and O–H groups in total. The van der Waals surface area contributed by atoms with Gasteiger partial charge in [-0.3, -0.25) is 4.79 Å². The van der Waals surface area contributed by atoms with E-state index in [1.807, 2.05) is 0 Å². The van der Waals surface area contributed by atoms with E-state index in [9.17, 15) is 14.0 Å². The average molecular weight is 351 g/mol. The number of carbonyl (C=O) groups is 2. The summed E-state index contributed by atoms with van der Waals surface area (Å²) in [5.74, 6) is 0.0218. The van der Waals surface area contributed by atoms with Crippen molar-refractivity contribution < 1.29 is 23.5 Å². The van der Waals surface area contributed by atoms with Crippen molar-refractivity contribution in [3.63, 3.8) is 0 Å². The third-order valence-electron chi connectivity index (χ3n) is 4.88. The van der Waals surface area contributed by atoms with Gasteiger partial charge in [0.05, 0.1) is 0 Å². The van der Waals surface area contributed by atoms with Gasteiger partial charge < -0.3 is 14.8 Å². The monoisotopic (exact) mass is 351 g/mol. The summed E-state index contributed by atoms with van der Waals surface area (Å²) in [4.78, 5) is 24.0. The Morgan fingerprint density at radius 1 is 1.24 bits per heavy atom. The molecule has 0 radical (unpaired) electrons. The highest BCUT2D eigenvalue weighted by Gasteiger charge is 2.30. The molecule has 6 heteroatoms. The lowest BCUT2D eigenvalue weighted by atomic mass is 9.78. The molecule has 0 bridgehead atoms. The fourth-order valence-electron chi connectivity index (χ4n) is 3.04. The lowest BCUT2D eigenvalue weighted by molar-refractivity contribution is -0.157. The zero-order valence-corrected chi connectivity index (χ0v) is 15.0. The van der Waals surface area contributed by atoms with Crippen LogP contribution in [0.25, 0.3) is 0 Å². The summed E-state index contributed by atoms with van der Waals surface area (Å²) in [6.07, 6.45) is 2.34. The topological polar surface area (TPSA) is 64.6 Å². The van der Waals surface area contributed by atoms with Crippen molar-refractivity contribution in [2.75, 3.05) is 6.61 Å². The Morgan fingerprint density at radius 2 is 1.92 bits per heavy atom. The highest BCUT2D eigenvalue weighted by atomic mass is 19.1. The molecule has 1 aromatic carbocycles. The fourth-order valence-corrected chi connectivity index (χ4v) is 3.04. The average Bonchev–Trinajstić information content (AvgIpc) is 2.58. The molecule has 0 spiro atoms. The summed E-state index contributed by atoms with van der Waals surface area (Å²) in [6.45, 7) is 5.55. The van der Waals surface area contributed by atoms with Gasteiger partial charge in [0.1, 0.15) is 11.6 Å². The first-order valence-electron chi connectivity index (χ1n) is 8.75. The second-order valence-corrected chi connectivity index (χ2v) is 6.76. The number of amides is 1. The van der Waals surface area contributed by atoms with Gasteiger partial charge in [-0.25, -0.2) is 9.18 Å². The molecule has 1 aliphatic rings. The number of benzene rings is 1. The highest BCUT2D eigenvalue weighted by Crippen LogP contribution is 2.29. The van der Waals surface area contributed by atoms with Crippen LogP contribution in [0.5, 0.6) is 5.75 Å². The van der Waals surface area contributed by atoms with Crippen molar-refractivity contribution in [3.8, 4) is 5.75 Å². The maximum Gasteiger partial charge on any atom is 0.344 e. The minimum absolute atomic E-state index is 0.118. The molecule has 0 aromatic heterocycles. The van der Waals surface area contributed by atoms with E-state index in [0.29, 0.717) is 17.6 Å². The third kappa shape index (κ3) is 5.73. The van der Waals surface area contributed by atoms with Gasteiger partial charge in [-0.05, 0) is 49.4 Å². The van der Waals surface area contributed by atoms with Gasteiger partial charge in [0, 0.05) is 6.04 Å². The Kier molecular flexibility index (Phi) is 6.79. The first kappa shape index (κ1) is 19.2. The van der Waals surface area contributed by atoms with E-state index in [1.54, 1.807) is 6.92 Å². The third-order valence-corrected chi connectivity index (χ3v) is 4.88. The van der Waals surface area contributed by atoms with E-state index in [1.165, 1.54) is 30.7 Å². The molecule has 1 aromatic rings. The van der Waals surface area contributed by atoms with Gasteiger partial charge >= 0.3 is 5.97 Å². The van der Waals surface area contributed by atoms with Crippen LogP contribution in [0.4, 0.5) is 4.39 Å². The summed E-state index contributed by atoms with van der Waals surface area (Å²) in [5.41, 5.74) is 0. The van der Waals surface area contributed by atoms with Crippen molar-refractivity contribution in [2.45, 2.75) is 52.2 Å². The molecule has 0 aliphatic heterocycles. The van der Waals surface area contributed by atoms with E-state index in [4.69, 9.17) is 9.47 Å². The van der Waals surface area contributed by atoms with Gasteiger partial charge in [0.15, 0.2) is 12.7 Å². The molecule has 4 atom stereocenters. The molecule has 1 aliphatic carbocycles. The standard InChI is InChI=1S/C19H26FNO4/c1-12-5-4-6-17(13(12)2)21-19(23)14(3)25-18(22)11-24-16-9-7-15(20)8-10-16/h7-10,12-14,17H,4-6,11H2,1-3H3,(H,21,23)/t12-,13+,14+,17-/m0/s1. The van der Waals surface area contributed by atoms with Crippen molar-refractivity contribution in [2.24, 2.45) is 11.8 Å². The SMILES string of the molecule is C[C@H]1[C@@H](NC(=O)[C@@H](C)OC(=O)COc2ccc(F)cc2)CCC[C@@H]1C. The molecular formula is C19H26FNO4. The molecule has 138 valence electrons. The Balaban J connectivity index is 1.75. The minimum Gasteiger partial charge on any atom is -0.482 e. The zero-order valence-electron chi connectivity index (χ0n) is 15.0. The quantitative estimate of drug-likeness (QED) is 0.800. The first-order chi connectivity index (χ1) is 11.9. The second kappa shape index (κ2) is 8.83. The molecule has 2 rings (SSSR count). The van der Waals surface area contributed by atoms with Crippen LogP contribution in [0.2, 0.25) is 0 Å². The summed E-state index contributed by atoms with van der Waals surface area (Å²) in [6, 6.07) is 5.44. The summed E-state index contributed by atoms with van der Waals surface area (Å²) in [7, 11) is 0. The summed E-state index contributed by atoms with van der Waals surface area (Å²) < 4.78 is 23.1. The number of carbonyl (C=O) groups excluding carboxylic acids is 2. The van der Waals surface area contributed by atoms with Crippen LogP contribution in [0, 0.1) is 17.7 Å². The number of ether oxygens (including phenoxy) is 2. The molecule has 1 fully saturated rings. The lowest BCUT2D eigenvalue weighted by Gasteiger charge is -2.35. The predicted octanol–water partition coefficient (Wildman–Crippen LogP) is 3.08. The maximum atomic E-state index is 12.8. The van der Waals surface area contributed by atoms with Crippen molar-refractivity contribution in [1.29, 1.82) is 0 Å². The van der Waals surface area contributed by atoms with E-state index < -0.39 is 12.1 Å². The Hall–Kier alpha value is -2.11. The number of nitrogens with one attached hydrogen (secondary N) is 1. The van der Waals surface area contributed by atoms with Crippen LogP contribution in [0.3, 0.4) is 0 Å². The van der Waals surface area contributed by atoms with E-state index >= 15 is 0 Å². The van der Waals surface area contributed by atoms with Crippen LogP contribution in [-0.4, -0.2) is 30.6 Å². The predicted molar refractivity (Wildman–Crippen MR) is 91.6 cm³/mol. The van der Waals surface area contributed by atoms with Gasteiger partial charge in [0.25, 0.3) is 5.91 Å². The lowest BCUT2D eigenvalue weighted by Crippen LogP contribution is -2.47. The number of hydrogen-bond acceptors (Lipinski definition) is 4. The molecule has 1 saturated carbocycles. The maximum absolute atomic E-state index is 12.8. The largest absolute Gasteiger partial charge is 0.482 e. The molecular weight excluding hydrogens is 325 g/mol. The fraction of sp³-hybridized carbons (Fsp3) is 0.579. The molecule has 25 heavy (non-hydrogen) atoms. The van der Waals surface area contributed by atoms with E-state index in [-0.39, 0.29) is 24.4 Å². The Bertz CT molecular complexity index is 590. The summed E-state index contributed by atoms with van der Waals surface area (Å²) >= 11 is 0. The van der Waals surface area contributed by atoms with Crippen molar-refractivity contribution >= 4 is 11.9 Å². The van der Waals surface area contributed by atoms with Gasteiger partial charge in [-0.1, -0.05) is 26.7 Å².